The number of aryl methyl sites for hydroxylation is 4. The minimum Gasteiger partial charge on any atom is -0.488 e. The Morgan fingerprint density at radius 3 is 0.616 bits per heavy atom. The van der Waals surface area contributed by atoms with Crippen molar-refractivity contribution in [2.75, 3.05) is 0 Å². The summed E-state index contributed by atoms with van der Waals surface area (Å²) in [6.45, 7) is 54.3. The average molecular weight is 1140 g/mol. The van der Waals surface area contributed by atoms with Crippen molar-refractivity contribution in [3.05, 3.63) is 283 Å². The summed E-state index contributed by atoms with van der Waals surface area (Å²) in [5, 5.41) is 0. The van der Waals surface area contributed by atoms with Gasteiger partial charge < -0.3 is 18.9 Å². The van der Waals surface area contributed by atoms with Gasteiger partial charge in [0.2, 0.25) is 0 Å². The van der Waals surface area contributed by atoms with Crippen LogP contribution in [-0.2, 0) is 48.1 Å². The Kier molecular flexibility index (Phi) is 19.5. The molecule has 0 fully saturated rings. The van der Waals surface area contributed by atoms with E-state index in [9.17, 15) is 0 Å². The Bertz CT molecular complexity index is 3220. The van der Waals surface area contributed by atoms with Crippen molar-refractivity contribution < 1.29 is 18.9 Å². The van der Waals surface area contributed by atoms with Gasteiger partial charge in [0.25, 0.3) is 0 Å². The van der Waals surface area contributed by atoms with Crippen molar-refractivity contribution in [3.8, 4) is 23.0 Å². The van der Waals surface area contributed by atoms with Gasteiger partial charge in [-0.1, -0.05) is 279 Å². The van der Waals surface area contributed by atoms with Gasteiger partial charge in [-0.15, -0.1) is 0 Å². The lowest BCUT2D eigenvalue weighted by Gasteiger charge is -2.36. The maximum atomic E-state index is 7.01. The van der Waals surface area contributed by atoms with E-state index in [2.05, 4.69) is 283 Å². The van der Waals surface area contributed by atoms with Gasteiger partial charge in [-0.25, -0.2) is 0 Å². The maximum Gasteiger partial charge on any atom is 0.126 e. The minimum absolute atomic E-state index is 0.236. The molecule has 0 bridgehead atoms. The Hall–Kier alpha value is -8.08. The molecule has 0 aliphatic rings. The van der Waals surface area contributed by atoms with Crippen LogP contribution in [0.1, 0.15) is 206 Å². The topological polar surface area (TPSA) is 36.9 Å². The molecule has 0 aliphatic heterocycles. The van der Waals surface area contributed by atoms with Crippen LogP contribution >= 0.6 is 0 Å². The van der Waals surface area contributed by atoms with E-state index >= 15 is 0 Å². The smallest absolute Gasteiger partial charge is 0.126 e. The van der Waals surface area contributed by atoms with Crippen LogP contribution in [-0.4, -0.2) is 0 Å². The first-order valence-corrected chi connectivity index (χ1v) is 30.6. The van der Waals surface area contributed by atoms with Gasteiger partial charge >= 0.3 is 0 Å². The number of ether oxygens (including phenoxy) is 4. The second-order valence-corrected chi connectivity index (χ2v) is 27.8. The summed E-state index contributed by atoms with van der Waals surface area (Å²) < 4.78 is 28.0. The van der Waals surface area contributed by atoms with E-state index < -0.39 is 0 Å². The van der Waals surface area contributed by atoms with Crippen molar-refractivity contribution in [1.29, 1.82) is 0 Å². The molecule has 0 saturated carbocycles. The van der Waals surface area contributed by atoms with Gasteiger partial charge in [0.15, 0.2) is 0 Å². The molecule has 446 valence electrons. The van der Waals surface area contributed by atoms with E-state index in [4.69, 9.17) is 18.9 Å². The fourth-order valence-corrected chi connectivity index (χ4v) is 11.7. The van der Waals surface area contributed by atoms with Gasteiger partial charge in [-0.05, 0) is 138 Å². The van der Waals surface area contributed by atoms with Crippen molar-refractivity contribution >= 4 is 24.3 Å². The van der Waals surface area contributed by atoms with E-state index in [0.29, 0.717) is 26.4 Å². The highest BCUT2D eigenvalue weighted by Gasteiger charge is 2.37. The number of rotatable bonds is 21. The lowest BCUT2D eigenvalue weighted by atomic mass is 9.69. The molecule has 86 heavy (non-hydrogen) atoms. The third-order valence-corrected chi connectivity index (χ3v) is 16.6. The minimum atomic E-state index is -0.293. The predicted molar refractivity (Wildman–Crippen MR) is 367 cm³/mol. The largest absolute Gasteiger partial charge is 0.488 e. The van der Waals surface area contributed by atoms with E-state index in [1.807, 2.05) is 24.3 Å². The Balaban J connectivity index is 1.43. The molecule has 8 aromatic carbocycles. The molecule has 0 radical (unpaired) electrons. The third kappa shape index (κ3) is 15.1. The molecule has 4 nitrogen and oxygen atoms in total. The molecule has 4 heteroatoms. The summed E-state index contributed by atoms with van der Waals surface area (Å²) in [7, 11) is 0. The first-order chi connectivity index (χ1) is 40.6. The molecule has 0 saturated heterocycles. The second kappa shape index (κ2) is 26.3. The van der Waals surface area contributed by atoms with Gasteiger partial charge in [0.05, 0.1) is 0 Å². The van der Waals surface area contributed by atoms with Gasteiger partial charge in [0.1, 0.15) is 49.4 Å². The number of hydrogen-bond donors (Lipinski definition) is 0. The molecule has 8 aromatic rings. The molecule has 0 spiro atoms. The predicted octanol–water partition coefficient (Wildman–Crippen LogP) is 22.0. The van der Waals surface area contributed by atoms with Crippen LogP contribution in [0.5, 0.6) is 23.0 Å². The fraction of sp³-hybridized carbons (Fsp3) is 0.317. The highest BCUT2D eigenvalue weighted by Crippen LogP contribution is 2.52. The molecule has 0 unspecified atom stereocenters. The molecule has 0 aromatic heterocycles. The lowest BCUT2D eigenvalue weighted by molar-refractivity contribution is 0.294. The summed E-state index contributed by atoms with van der Waals surface area (Å²) >= 11 is 0. The molecule has 0 aliphatic carbocycles. The summed E-state index contributed by atoms with van der Waals surface area (Å²) in [5.41, 5.74) is 21.3. The third-order valence-electron chi connectivity index (χ3n) is 16.6. The fourth-order valence-electron chi connectivity index (χ4n) is 11.7. The Labute approximate surface area is 517 Å². The highest BCUT2D eigenvalue weighted by molar-refractivity contribution is 5.61. The van der Waals surface area contributed by atoms with Crippen molar-refractivity contribution in [2.24, 2.45) is 0 Å². The molecule has 0 atom stereocenters. The Morgan fingerprint density at radius 2 is 0.465 bits per heavy atom. The summed E-state index contributed by atoms with van der Waals surface area (Å²) in [6.07, 6.45) is 7.51. The van der Waals surface area contributed by atoms with Gasteiger partial charge in [-0.2, -0.15) is 0 Å². The van der Waals surface area contributed by atoms with E-state index in [1.165, 1.54) is 22.3 Å². The van der Waals surface area contributed by atoms with Crippen LogP contribution in [0.3, 0.4) is 0 Å². The van der Waals surface area contributed by atoms with Crippen LogP contribution in [0.15, 0.2) is 172 Å². The second-order valence-electron chi connectivity index (χ2n) is 27.8. The molecule has 8 rings (SSSR count). The zero-order chi connectivity index (χ0) is 62.5. The molecule has 0 heterocycles. The average Bonchev–Trinajstić information content (AvgIpc) is 0.903. The highest BCUT2D eigenvalue weighted by atomic mass is 16.5. The summed E-state index contributed by atoms with van der Waals surface area (Å²) in [6, 6.07) is 53.3. The Morgan fingerprint density at radius 1 is 0.291 bits per heavy atom. The van der Waals surface area contributed by atoms with Crippen LogP contribution in [0.4, 0.5) is 0 Å². The zero-order valence-corrected chi connectivity index (χ0v) is 54.6. The number of benzene rings is 8. The van der Waals surface area contributed by atoms with E-state index in [-0.39, 0.29) is 33.5 Å². The van der Waals surface area contributed by atoms with Crippen LogP contribution in [0.2, 0.25) is 0 Å². The van der Waals surface area contributed by atoms with Crippen molar-refractivity contribution in [1.82, 2.24) is 0 Å². The van der Waals surface area contributed by atoms with Crippen molar-refractivity contribution in [3.63, 3.8) is 0 Å². The monoisotopic (exact) mass is 1140 g/mol. The standard InChI is InChI=1S/C82H94O4/c1-21-57-25-33-61(34-26-57)49-83-75-53(5)41-65(45-69(75)79(9,10)11)73(66-42-54(6)76(70(46-66)80(12,13)14)84-50-62-35-27-58(22-2)28-36-62)74(67-43-55(7)77(71(47-67)81(15,16)17)85-51-63-37-29-59(23-3)30-38-63)68-44-56(8)78(72(48-68)82(18,19)20)86-52-64-39-31-60(24-4)32-40-64/h21-48,73-74H,1-4,49-52H2,5-20H3. The van der Waals surface area contributed by atoms with Crippen LogP contribution in [0, 0.1) is 27.7 Å². The summed E-state index contributed by atoms with van der Waals surface area (Å²) in [5.74, 6) is 3.19. The quantitative estimate of drug-likeness (QED) is 0.0718. The van der Waals surface area contributed by atoms with Crippen LogP contribution in [0.25, 0.3) is 24.3 Å². The zero-order valence-electron chi connectivity index (χ0n) is 54.6. The van der Waals surface area contributed by atoms with Crippen molar-refractivity contribution in [2.45, 2.75) is 171 Å². The normalized spacial score (nSPS) is 12.1. The SMILES string of the molecule is C=Cc1ccc(COc2c(C)cc(C(c3cc(C)c(OCc4ccc(C=C)cc4)c(C(C)(C)C)c3)C(c3cc(C)c(OCc4ccc(C=C)cc4)c(C(C)(C)C)c3)c3cc(C)c(OCc4ccc(C=C)cc4)c(C(C)(C)C)c3)cc2C(C)(C)C)cc1. The molecular formula is C82H94O4. The molecule has 0 N–H and O–H groups in total. The van der Waals surface area contributed by atoms with Gasteiger partial charge in [-0.3, -0.25) is 0 Å². The van der Waals surface area contributed by atoms with Gasteiger partial charge in [0, 0.05) is 34.1 Å². The lowest BCUT2D eigenvalue weighted by Crippen LogP contribution is -2.23. The van der Waals surface area contributed by atoms with E-state index in [1.54, 1.807) is 0 Å². The molecular weight excluding hydrogens is 1050 g/mol. The molecule has 0 amide bonds. The maximum absolute atomic E-state index is 7.01. The van der Waals surface area contributed by atoms with Crippen LogP contribution < -0.4 is 18.9 Å². The number of hydrogen-bond acceptors (Lipinski definition) is 4. The van der Waals surface area contributed by atoms with E-state index in [0.717, 1.165) is 112 Å². The first-order valence-electron chi connectivity index (χ1n) is 30.6. The first kappa shape index (κ1) is 63.9. The summed E-state index contributed by atoms with van der Waals surface area (Å²) in [4.78, 5) is 0.